The van der Waals surface area contributed by atoms with E-state index in [2.05, 4.69) is 33.0 Å². The summed E-state index contributed by atoms with van der Waals surface area (Å²) in [4.78, 5) is 12.1. The Balaban J connectivity index is 2.51. The number of hydrogen-bond acceptors (Lipinski definition) is 2. The van der Waals surface area contributed by atoms with Gasteiger partial charge in [0.2, 0.25) is 5.91 Å². The fourth-order valence-electron chi connectivity index (χ4n) is 2.38. The minimum Gasteiger partial charge on any atom is -0.355 e. The minimum absolute atomic E-state index is 0.0103. The van der Waals surface area contributed by atoms with Crippen LogP contribution in [0.3, 0.4) is 0 Å². The second-order valence-corrected chi connectivity index (χ2v) is 6.38. The smallest absolute Gasteiger partial charge is 0.224 e. The van der Waals surface area contributed by atoms with Crippen molar-refractivity contribution in [2.45, 2.75) is 53.0 Å². The molecule has 0 aromatic rings. The van der Waals surface area contributed by atoms with Crippen LogP contribution in [0, 0.1) is 17.3 Å². The number of hydrogen-bond donors (Lipinski definition) is 2. The lowest BCUT2D eigenvalue weighted by Crippen LogP contribution is -2.48. The molecule has 0 radical (unpaired) electrons. The molecule has 0 aromatic heterocycles. The molecule has 0 spiro atoms. The molecule has 1 aliphatic rings. The topological polar surface area (TPSA) is 55.1 Å². The van der Waals surface area contributed by atoms with Crippen molar-refractivity contribution >= 4 is 5.91 Å². The average molecular weight is 226 g/mol. The highest BCUT2D eigenvalue weighted by molar-refractivity contribution is 5.79. The SMILES string of the molecule is C[C@@H]1CCCC(N)C1C(=O)NCC(C)(C)C. The molecule has 1 aliphatic carbocycles. The zero-order valence-corrected chi connectivity index (χ0v) is 11.0. The maximum Gasteiger partial charge on any atom is 0.224 e. The summed E-state index contributed by atoms with van der Waals surface area (Å²) in [5.74, 6) is 0.578. The maximum atomic E-state index is 12.1. The van der Waals surface area contributed by atoms with E-state index >= 15 is 0 Å². The third-order valence-electron chi connectivity index (χ3n) is 3.37. The lowest BCUT2D eigenvalue weighted by molar-refractivity contribution is -0.128. The maximum absolute atomic E-state index is 12.1. The Morgan fingerprint density at radius 3 is 2.50 bits per heavy atom. The molecule has 0 aromatic carbocycles. The van der Waals surface area contributed by atoms with Crippen molar-refractivity contribution in [1.82, 2.24) is 5.32 Å². The van der Waals surface area contributed by atoms with Crippen LogP contribution in [0.25, 0.3) is 0 Å². The van der Waals surface area contributed by atoms with Gasteiger partial charge in [-0.05, 0) is 24.2 Å². The van der Waals surface area contributed by atoms with E-state index in [-0.39, 0.29) is 23.3 Å². The van der Waals surface area contributed by atoms with Crippen molar-refractivity contribution in [2.24, 2.45) is 23.0 Å². The second-order valence-electron chi connectivity index (χ2n) is 6.38. The Morgan fingerprint density at radius 1 is 1.38 bits per heavy atom. The van der Waals surface area contributed by atoms with Gasteiger partial charge in [-0.3, -0.25) is 4.79 Å². The first kappa shape index (κ1) is 13.5. The van der Waals surface area contributed by atoms with Crippen molar-refractivity contribution in [3.63, 3.8) is 0 Å². The highest BCUT2D eigenvalue weighted by atomic mass is 16.1. The largest absolute Gasteiger partial charge is 0.355 e. The van der Waals surface area contributed by atoms with Gasteiger partial charge in [0, 0.05) is 12.6 Å². The standard InChI is InChI=1S/C13H26N2O/c1-9-6-5-7-10(14)11(9)12(16)15-8-13(2,3)4/h9-11H,5-8,14H2,1-4H3,(H,15,16)/t9-,10?,11?/m1/s1. The van der Waals surface area contributed by atoms with E-state index in [4.69, 9.17) is 5.73 Å². The van der Waals surface area contributed by atoms with Gasteiger partial charge in [-0.25, -0.2) is 0 Å². The van der Waals surface area contributed by atoms with Gasteiger partial charge in [-0.1, -0.05) is 34.1 Å². The van der Waals surface area contributed by atoms with Crippen molar-refractivity contribution in [3.05, 3.63) is 0 Å². The Hall–Kier alpha value is -0.570. The number of nitrogens with two attached hydrogens (primary N) is 1. The number of carbonyl (C=O) groups is 1. The van der Waals surface area contributed by atoms with E-state index in [1.54, 1.807) is 0 Å². The van der Waals surface area contributed by atoms with E-state index in [0.29, 0.717) is 5.92 Å². The van der Waals surface area contributed by atoms with Crippen LogP contribution in [0.15, 0.2) is 0 Å². The van der Waals surface area contributed by atoms with Crippen LogP contribution in [0.5, 0.6) is 0 Å². The molecule has 1 amide bonds. The Morgan fingerprint density at radius 2 is 2.00 bits per heavy atom. The molecule has 0 bridgehead atoms. The summed E-state index contributed by atoms with van der Waals surface area (Å²) in [6, 6.07) is 0.0451. The van der Waals surface area contributed by atoms with Crippen LogP contribution >= 0.6 is 0 Å². The Bertz CT molecular complexity index is 235. The van der Waals surface area contributed by atoms with E-state index in [1.807, 2.05) is 0 Å². The Labute approximate surface area is 99.2 Å². The summed E-state index contributed by atoms with van der Waals surface area (Å²) in [6.07, 6.45) is 3.27. The predicted molar refractivity (Wildman–Crippen MR) is 66.9 cm³/mol. The summed E-state index contributed by atoms with van der Waals surface area (Å²) >= 11 is 0. The number of rotatable bonds is 2. The Kier molecular flexibility index (Phi) is 4.36. The molecule has 1 rings (SSSR count). The van der Waals surface area contributed by atoms with Gasteiger partial charge in [0.05, 0.1) is 5.92 Å². The molecule has 0 saturated heterocycles. The molecular formula is C13H26N2O. The summed E-state index contributed by atoms with van der Waals surface area (Å²) in [5, 5.41) is 3.03. The van der Waals surface area contributed by atoms with Gasteiger partial charge in [0.1, 0.15) is 0 Å². The number of carbonyl (C=O) groups excluding carboxylic acids is 1. The molecule has 2 unspecified atom stereocenters. The van der Waals surface area contributed by atoms with E-state index < -0.39 is 0 Å². The van der Waals surface area contributed by atoms with Gasteiger partial charge in [-0.15, -0.1) is 0 Å². The normalized spacial score (nSPS) is 31.2. The average Bonchev–Trinajstić information content (AvgIpc) is 2.13. The molecule has 3 heteroatoms. The third-order valence-corrected chi connectivity index (χ3v) is 3.37. The predicted octanol–water partition coefficient (Wildman–Crippen LogP) is 1.91. The van der Waals surface area contributed by atoms with E-state index in [9.17, 15) is 4.79 Å². The van der Waals surface area contributed by atoms with Crippen LogP contribution in [-0.4, -0.2) is 18.5 Å². The van der Waals surface area contributed by atoms with Crippen LogP contribution in [-0.2, 0) is 4.79 Å². The van der Waals surface area contributed by atoms with Crippen molar-refractivity contribution in [2.75, 3.05) is 6.54 Å². The third kappa shape index (κ3) is 3.78. The van der Waals surface area contributed by atoms with Gasteiger partial charge in [0.15, 0.2) is 0 Å². The van der Waals surface area contributed by atoms with E-state index in [1.165, 1.54) is 0 Å². The first-order chi connectivity index (χ1) is 7.31. The molecule has 3 atom stereocenters. The van der Waals surface area contributed by atoms with Crippen LogP contribution in [0.2, 0.25) is 0 Å². The van der Waals surface area contributed by atoms with Crippen LogP contribution in [0.4, 0.5) is 0 Å². The van der Waals surface area contributed by atoms with Crippen molar-refractivity contribution in [1.29, 1.82) is 0 Å². The van der Waals surface area contributed by atoms with E-state index in [0.717, 1.165) is 25.8 Å². The summed E-state index contributed by atoms with van der Waals surface area (Å²) < 4.78 is 0. The minimum atomic E-state index is 0.0103. The quantitative estimate of drug-likeness (QED) is 0.755. The van der Waals surface area contributed by atoms with Crippen LogP contribution in [0.1, 0.15) is 47.0 Å². The molecule has 3 N–H and O–H groups in total. The molecule has 16 heavy (non-hydrogen) atoms. The summed E-state index contributed by atoms with van der Waals surface area (Å²) in [7, 11) is 0. The first-order valence-corrected chi connectivity index (χ1v) is 6.34. The number of amides is 1. The first-order valence-electron chi connectivity index (χ1n) is 6.34. The highest BCUT2D eigenvalue weighted by Gasteiger charge is 2.34. The fourth-order valence-corrected chi connectivity index (χ4v) is 2.38. The summed E-state index contributed by atoms with van der Waals surface area (Å²) in [6.45, 7) is 9.23. The number of nitrogens with one attached hydrogen (secondary N) is 1. The molecule has 1 fully saturated rings. The monoisotopic (exact) mass is 226 g/mol. The fraction of sp³-hybridized carbons (Fsp3) is 0.923. The molecule has 0 aliphatic heterocycles. The molecular weight excluding hydrogens is 200 g/mol. The summed E-state index contributed by atoms with van der Waals surface area (Å²) in [5.41, 5.74) is 6.19. The van der Waals surface area contributed by atoms with Gasteiger partial charge in [-0.2, -0.15) is 0 Å². The second kappa shape index (κ2) is 5.17. The van der Waals surface area contributed by atoms with Crippen molar-refractivity contribution in [3.8, 4) is 0 Å². The van der Waals surface area contributed by atoms with Crippen molar-refractivity contribution < 1.29 is 4.79 Å². The van der Waals surface area contributed by atoms with Crippen LogP contribution < -0.4 is 11.1 Å². The zero-order valence-electron chi connectivity index (χ0n) is 11.0. The lowest BCUT2D eigenvalue weighted by Gasteiger charge is -2.34. The molecule has 94 valence electrons. The molecule has 3 nitrogen and oxygen atoms in total. The molecule has 1 saturated carbocycles. The van der Waals surface area contributed by atoms with Gasteiger partial charge in [0.25, 0.3) is 0 Å². The highest BCUT2D eigenvalue weighted by Crippen LogP contribution is 2.29. The van der Waals surface area contributed by atoms with Gasteiger partial charge < -0.3 is 11.1 Å². The van der Waals surface area contributed by atoms with Gasteiger partial charge >= 0.3 is 0 Å². The zero-order chi connectivity index (χ0) is 12.3. The lowest BCUT2D eigenvalue weighted by atomic mass is 9.76. The molecule has 0 heterocycles.